The highest BCUT2D eigenvalue weighted by Gasteiger charge is 2.41. The molecular weight excluding hydrogens is 178 g/mol. The maximum absolute atomic E-state index is 3.67. The average molecular weight is 201 g/mol. The van der Waals surface area contributed by atoms with Crippen molar-refractivity contribution in [2.24, 2.45) is 5.92 Å². The fourth-order valence-electron chi connectivity index (χ4n) is 1.49. The molecule has 2 atom stereocenters. The summed E-state index contributed by atoms with van der Waals surface area (Å²) in [7, 11) is 0. The molecule has 1 rings (SSSR count). The lowest BCUT2D eigenvalue weighted by atomic mass is 10.0. The summed E-state index contributed by atoms with van der Waals surface area (Å²) >= 11 is 2.04. The van der Waals surface area contributed by atoms with Crippen molar-refractivity contribution in [2.75, 3.05) is 12.8 Å². The molecule has 0 radical (unpaired) electrons. The van der Waals surface area contributed by atoms with Crippen LogP contribution in [0.25, 0.3) is 0 Å². The largest absolute Gasteiger partial charge is 0.313 e. The van der Waals surface area contributed by atoms with Crippen molar-refractivity contribution in [1.82, 2.24) is 5.32 Å². The van der Waals surface area contributed by atoms with Crippen molar-refractivity contribution < 1.29 is 0 Å². The lowest BCUT2D eigenvalue weighted by Crippen LogP contribution is -2.37. The Morgan fingerprint density at radius 1 is 1.38 bits per heavy atom. The summed E-state index contributed by atoms with van der Waals surface area (Å²) in [4.78, 5) is 0. The minimum atomic E-state index is 0.613. The molecule has 0 amide bonds. The lowest BCUT2D eigenvalue weighted by Gasteiger charge is -2.22. The van der Waals surface area contributed by atoms with E-state index < -0.39 is 0 Å². The Balaban J connectivity index is 2.18. The van der Waals surface area contributed by atoms with Gasteiger partial charge in [0.05, 0.1) is 0 Å². The fraction of sp³-hybridized carbons (Fsp3) is 1.00. The van der Waals surface area contributed by atoms with E-state index in [0.29, 0.717) is 10.8 Å². The van der Waals surface area contributed by atoms with Crippen molar-refractivity contribution >= 4 is 11.8 Å². The van der Waals surface area contributed by atoms with Crippen LogP contribution >= 0.6 is 11.8 Å². The van der Waals surface area contributed by atoms with Crippen LogP contribution in [-0.2, 0) is 0 Å². The molecule has 1 aliphatic carbocycles. The van der Waals surface area contributed by atoms with E-state index in [-0.39, 0.29) is 0 Å². The fourth-order valence-corrected chi connectivity index (χ4v) is 2.23. The molecule has 1 fully saturated rings. The van der Waals surface area contributed by atoms with Crippen LogP contribution < -0.4 is 5.32 Å². The number of thioether (sulfide) groups is 1. The van der Waals surface area contributed by atoms with Crippen LogP contribution in [-0.4, -0.2) is 23.6 Å². The van der Waals surface area contributed by atoms with Gasteiger partial charge in [-0.1, -0.05) is 20.3 Å². The van der Waals surface area contributed by atoms with Crippen LogP contribution in [0.2, 0.25) is 0 Å². The van der Waals surface area contributed by atoms with E-state index >= 15 is 0 Å². The topological polar surface area (TPSA) is 12.0 Å². The summed E-state index contributed by atoms with van der Waals surface area (Å²) in [5.74, 6) is 0.803. The van der Waals surface area contributed by atoms with Gasteiger partial charge in [-0.05, 0) is 31.9 Å². The van der Waals surface area contributed by atoms with E-state index in [1.807, 2.05) is 11.8 Å². The zero-order valence-electron chi connectivity index (χ0n) is 9.39. The molecule has 1 saturated carbocycles. The Morgan fingerprint density at radius 2 is 2.00 bits per heavy atom. The van der Waals surface area contributed by atoms with Gasteiger partial charge in [0.2, 0.25) is 0 Å². The van der Waals surface area contributed by atoms with E-state index in [4.69, 9.17) is 0 Å². The first kappa shape index (κ1) is 11.4. The summed E-state index contributed by atoms with van der Waals surface area (Å²) in [5, 5.41) is 3.67. The molecule has 0 aliphatic heterocycles. The van der Waals surface area contributed by atoms with Gasteiger partial charge in [0, 0.05) is 17.3 Å². The van der Waals surface area contributed by atoms with Gasteiger partial charge in [-0.2, -0.15) is 11.8 Å². The highest BCUT2D eigenvalue weighted by Crippen LogP contribution is 2.46. The first-order chi connectivity index (χ1) is 6.13. The van der Waals surface area contributed by atoms with Gasteiger partial charge in [0.25, 0.3) is 0 Å². The van der Waals surface area contributed by atoms with E-state index in [0.717, 1.165) is 5.92 Å². The number of hydrogen-bond acceptors (Lipinski definition) is 2. The maximum atomic E-state index is 3.67. The molecule has 0 aromatic heterocycles. The van der Waals surface area contributed by atoms with E-state index in [1.54, 1.807) is 0 Å². The van der Waals surface area contributed by atoms with Crippen LogP contribution in [0.3, 0.4) is 0 Å². The minimum absolute atomic E-state index is 0.613. The molecule has 2 unspecified atom stereocenters. The van der Waals surface area contributed by atoms with Gasteiger partial charge in [-0.15, -0.1) is 0 Å². The van der Waals surface area contributed by atoms with E-state index in [2.05, 4.69) is 32.3 Å². The Bertz CT molecular complexity index is 154. The zero-order chi connectivity index (χ0) is 9.90. The molecule has 0 spiro atoms. The van der Waals surface area contributed by atoms with Crippen LogP contribution in [0.4, 0.5) is 0 Å². The SMILES string of the molecule is CCC(C)C(C)NCC1(SC)CC1. The van der Waals surface area contributed by atoms with E-state index in [1.165, 1.54) is 25.8 Å². The molecule has 2 heteroatoms. The number of hydrogen-bond donors (Lipinski definition) is 1. The second kappa shape index (κ2) is 4.70. The summed E-state index contributed by atoms with van der Waals surface area (Å²) in [6.07, 6.45) is 6.34. The normalized spacial score (nSPS) is 24.0. The van der Waals surface area contributed by atoms with Crippen molar-refractivity contribution in [3.05, 3.63) is 0 Å². The zero-order valence-corrected chi connectivity index (χ0v) is 10.2. The third-order valence-corrected chi connectivity index (χ3v) is 4.90. The molecule has 0 heterocycles. The molecule has 0 aromatic rings. The van der Waals surface area contributed by atoms with Crippen LogP contribution in [0.15, 0.2) is 0 Å². The number of nitrogens with one attached hydrogen (secondary N) is 1. The van der Waals surface area contributed by atoms with Crippen molar-refractivity contribution in [3.63, 3.8) is 0 Å². The Hall–Kier alpha value is 0.310. The van der Waals surface area contributed by atoms with E-state index in [9.17, 15) is 0 Å². The monoisotopic (exact) mass is 201 g/mol. The maximum Gasteiger partial charge on any atom is 0.0282 e. The molecule has 0 saturated heterocycles. The minimum Gasteiger partial charge on any atom is -0.313 e. The molecule has 0 aromatic carbocycles. The Kier molecular flexibility index (Phi) is 4.11. The molecule has 1 nitrogen and oxygen atoms in total. The Labute approximate surface area is 87.1 Å². The van der Waals surface area contributed by atoms with Gasteiger partial charge < -0.3 is 5.32 Å². The summed E-state index contributed by atoms with van der Waals surface area (Å²) < 4.78 is 0.613. The molecule has 1 N–H and O–H groups in total. The molecule has 1 aliphatic rings. The predicted molar refractivity (Wildman–Crippen MR) is 62.4 cm³/mol. The van der Waals surface area contributed by atoms with Gasteiger partial charge in [-0.25, -0.2) is 0 Å². The van der Waals surface area contributed by atoms with Crippen molar-refractivity contribution in [3.8, 4) is 0 Å². The third-order valence-electron chi connectivity index (χ3n) is 3.48. The smallest absolute Gasteiger partial charge is 0.0282 e. The van der Waals surface area contributed by atoms with Crippen LogP contribution in [0, 0.1) is 5.92 Å². The van der Waals surface area contributed by atoms with Gasteiger partial charge in [0.15, 0.2) is 0 Å². The first-order valence-corrected chi connectivity index (χ1v) is 6.64. The highest BCUT2D eigenvalue weighted by atomic mass is 32.2. The van der Waals surface area contributed by atoms with Crippen LogP contribution in [0.5, 0.6) is 0 Å². The number of rotatable bonds is 6. The molecular formula is C11H23NS. The molecule has 13 heavy (non-hydrogen) atoms. The summed E-state index contributed by atoms with van der Waals surface area (Å²) in [6.45, 7) is 8.12. The van der Waals surface area contributed by atoms with Crippen molar-refractivity contribution in [2.45, 2.75) is 50.8 Å². The van der Waals surface area contributed by atoms with Crippen molar-refractivity contribution in [1.29, 1.82) is 0 Å². The average Bonchev–Trinajstić information content (AvgIpc) is 2.93. The van der Waals surface area contributed by atoms with Crippen LogP contribution in [0.1, 0.15) is 40.0 Å². The highest BCUT2D eigenvalue weighted by molar-refractivity contribution is 8.00. The lowest BCUT2D eigenvalue weighted by molar-refractivity contribution is 0.389. The summed E-state index contributed by atoms with van der Waals surface area (Å²) in [5.41, 5.74) is 0. The summed E-state index contributed by atoms with van der Waals surface area (Å²) in [6, 6.07) is 0.676. The molecule has 78 valence electrons. The van der Waals surface area contributed by atoms with Gasteiger partial charge >= 0.3 is 0 Å². The first-order valence-electron chi connectivity index (χ1n) is 5.42. The quantitative estimate of drug-likeness (QED) is 0.709. The second-order valence-corrected chi connectivity index (χ2v) is 5.72. The van der Waals surface area contributed by atoms with Gasteiger partial charge in [-0.3, -0.25) is 0 Å². The predicted octanol–water partition coefficient (Wildman–Crippen LogP) is 2.91. The standard InChI is InChI=1S/C11H23NS/c1-5-9(2)10(3)12-8-11(13-4)6-7-11/h9-10,12H,5-8H2,1-4H3. The Morgan fingerprint density at radius 3 is 2.38 bits per heavy atom. The molecule has 0 bridgehead atoms. The second-order valence-electron chi connectivity index (χ2n) is 4.44. The van der Waals surface area contributed by atoms with Gasteiger partial charge in [0.1, 0.15) is 0 Å². The third kappa shape index (κ3) is 3.17.